The molecule has 2 amide bonds. The summed E-state index contributed by atoms with van der Waals surface area (Å²) in [6, 6.07) is 23.1. The molecule has 3 aromatic carbocycles. The Labute approximate surface area is 300 Å². The van der Waals surface area contributed by atoms with Crippen LogP contribution in [0, 0.1) is 5.41 Å². The first-order chi connectivity index (χ1) is 24.0. The molecule has 7 nitrogen and oxygen atoms in total. The topological polar surface area (TPSA) is 99.1 Å². The Morgan fingerprint density at radius 1 is 1.04 bits per heavy atom. The number of carbonyl (C=O) groups excluding carboxylic acids is 2. The highest BCUT2D eigenvalue weighted by molar-refractivity contribution is 7.21. The van der Waals surface area contributed by atoms with E-state index in [4.69, 9.17) is 4.74 Å². The number of allylic oxidation sites excluding steroid dienone is 2. The Morgan fingerprint density at radius 3 is 2.56 bits per heavy atom. The largest absolute Gasteiger partial charge is 0.497 e. The number of urea groups is 1. The lowest BCUT2D eigenvalue weighted by Crippen LogP contribution is -2.54. The molecule has 3 aliphatic rings. The molecule has 1 heterocycles. The second-order valence-electron chi connectivity index (χ2n) is 14.5. The minimum absolute atomic E-state index is 0.0235. The van der Waals surface area contributed by atoms with Gasteiger partial charge >= 0.3 is 6.03 Å². The van der Waals surface area contributed by atoms with E-state index in [1.54, 1.807) is 12.0 Å². The van der Waals surface area contributed by atoms with Crippen LogP contribution in [0.2, 0.25) is 0 Å². The number of hydrogen-bond acceptors (Lipinski definition) is 6. The number of benzene rings is 3. The van der Waals surface area contributed by atoms with Crippen molar-refractivity contribution in [1.82, 2.24) is 4.90 Å². The third-order valence-electron chi connectivity index (χ3n) is 11.1. The van der Waals surface area contributed by atoms with Gasteiger partial charge in [0.25, 0.3) is 0 Å². The molecule has 3 aliphatic carbocycles. The number of nitrogens with zero attached hydrogens (tertiary/aromatic N) is 1. The SMILES string of the molecule is CCCN(CC1(O)CCC2c3ccc(cc3C(=O)c3cc4ccccc4s3)CC(O)CCC(C)=CCCC21C)C(=O)Nc1ccc(OC)cc1. The van der Waals surface area contributed by atoms with E-state index < -0.39 is 17.1 Å². The van der Waals surface area contributed by atoms with Gasteiger partial charge < -0.3 is 25.2 Å². The number of aliphatic hydroxyl groups is 2. The quantitative estimate of drug-likeness (QED) is 0.126. The second-order valence-corrected chi connectivity index (χ2v) is 15.6. The van der Waals surface area contributed by atoms with Crippen LogP contribution in [0.5, 0.6) is 5.75 Å². The fourth-order valence-corrected chi connectivity index (χ4v) is 9.15. The first-order valence-electron chi connectivity index (χ1n) is 18.0. The molecular formula is C42H50N2O5S. The number of ether oxygens (including phenoxy) is 1. The first kappa shape index (κ1) is 35.8. The highest BCUT2D eigenvalue weighted by Crippen LogP contribution is 2.59. The van der Waals surface area contributed by atoms with Crippen molar-refractivity contribution in [1.29, 1.82) is 0 Å². The van der Waals surface area contributed by atoms with Gasteiger partial charge in [-0.15, -0.1) is 11.3 Å². The average Bonchev–Trinajstić information content (AvgIpc) is 3.65. The monoisotopic (exact) mass is 694 g/mol. The number of hydrogen-bond donors (Lipinski definition) is 3. The van der Waals surface area contributed by atoms with Gasteiger partial charge in [0.2, 0.25) is 5.78 Å². The number of methoxy groups -OCH3 is 1. The normalized spacial score (nSPS) is 23.9. The molecule has 2 bridgehead atoms. The summed E-state index contributed by atoms with van der Waals surface area (Å²) in [7, 11) is 1.61. The van der Waals surface area contributed by atoms with Crippen LogP contribution in [0.25, 0.3) is 10.1 Å². The molecule has 0 aliphatic heterocycles. The first-order valence-corrected chi connectivity index (χ1v) is 18.8. The molecule has 1 aromatic heterocycles. The van der Waals surface area contributed by atoms with Crippen molar-refractivity contribution >= 4 is 38.9 Å². The van der Waals surface area contributed by atoms with E-state index in [-0.39, 0.29) is 24.3 Å². The predicted molar refractivity (Wildman–Crippen MR) is 203 cm³/mol. The van der Waals surface area contributed by atoms with E-state index in [9.17, 15) is 19.8 Å². The third kappa shape index (κ3) is 7.39. The van der Waals surface area contributed by atoms with Crippen LogP contribution in [0.15, 0.2) is 84.4 Å². The molecule has 1 fully saturated rings. The third-order valence-corrected chi connectivity index (χ3v) is 12.3. The fourth-order valence-electron chi connectivity index (χ4n) is 8.14. The highest BCUT2D eigenvalue weighted by atomic mass is 32.1. The molecule has 264 valence electrons. The minimum atomic E-state index is -1.20. The molecule has 3 N–H and O–H groups in total. The summed E-state index contributed by atoms with van der Waals surface area (Å²) >= 11 is 1.50. The van der Waals surface area contributed by atoms with Crippen LogP contribution in [0.1, 0.15) is 98.0 Å². The molecule has 8 heteroatoms. The van der Waals surface area contributed by atoms with Crippen molar-refractivity contribution in [2.75, 3.05) is 25.5 Å². The van der Waals surface area contributed by atoms with Gasteiger partial charge in [-0.25, -0.2) is 4.79 Å². The lowest BCUT2D eigenvalue weighted by molar-refractivity contribution is -0.0763. The van der Waals surface area contributed by atoms with Gasteiger partial charge in [0.05, 0.1) is 30.2 Å². The van der Waals surface area contributed by atoms with Gasteiger partial charge in [-0.1, -0.05) is 55.8 Å². The summed E-state index contributed by atoms with van der Waals surface area (Å²) in [6.07, 6.45) is 7.01. The molecule has 4 aromatic rings. The molecule has 4 atom stereocenters. The molecule has 7 rings (SSSR count). The second kappa shape index (κ2) is 15.1. The van der Waals surface area contributed by atoms with Gasteiger partial charge in [-0.05, 0) is 123 Å². The van der Waals surface area contributed by atoms with Crippen molar-refractivity contribution < 1.29 is 24.5 Å². The maximum Gasteiger partial charge on any atom is 0.321 e. The van der Waals surface area contributed by atoms with Gasteiger partial charge in [-0.2, -0.15) is 0 Å². The summed E-state index contributed by atoms with van der Waals surface area (Å²) in [5, 5.41) is 27.9. The number of rotatable bonds is 8. The Kier molecular flexibility index (Phi) is 10.8. The molecule has 0 spiro atoms. The molecule has 4 unspecified atom stereocenters. The van der Waals surface area contributed by atoms with E-state index in [1.807, 2.05) is 67.6 Å². The van der Waals surface area contributed by atoms with Crippen LogP contribution in [-0.4, -0.2) is 58.8 Å². The van der Waals surface area contributed by atoms with Crippen LogP contribution < -0.4 is 10.1 Å². The lowest BCUT2D eigenvalue weighted by Gasteiger charge is -2.46. The smallest absolute Gasteiger partial charge is 0.321 e. The minimum Gasteiger partial charge on any atom is -0.497 e. The fraction of sp³-hybridized carbons (Fsp3) is 0.429. The van der Waals surface area contributed by atoms with Gasteiger partial charge in [-0.3, -0.25) is 4.79 Å². The van der Waals surface area contributed by atoms with E-state index in [2.05, 4.69) is 37.4 Å². The zero-order valence-corrected chi connectivity index (χ0v) is 30.5. The lowest BCUT2D eigenvalue weighted by atomic mass is 9.64. The number of fused-ring (bicyclic) bond motifs is 9. The summed E-state index contributed by atoms with van der Waals surface area (Å²) in [6.45, 7) is 6.99. The number of thiophene rings is 1. The van der Waals surface area contributed by atoms with Crippen LogP contribution >= 0.6 is 11.3 Å². The van der Waals surface area contributed by atoms with E-state index >= 15 is 0 Å². The summed E-state index contributed by atoms with van der Waals surface area (Å²) in [5.74, 6) is 0.564. The Balaban J connectivity index is 1.39. The molecule has 0 saturated heterocycles. The zero-order chi connectivity index (χ0) is 35.5. The van der Waals surface area contributed by atoms with Crippen molar-refractivity contribution in [3.05, 3.63) is 106 Å². The number of amides is 2. The van der Waals surface area contributed by atoms with Crippen LogP contribution in [-0.2, 0) is 6.42 Å². The molecular weight excluding hydrogens is 645 g/mol. The van der Waals surface area contributed by atoms with Crippen molar-refractivity contribution in [3.8, 4) is 5.75 Å². The average molecular weight is 695 g/mol. The molecule has 0 radical (unpaired) electrons. The Bertz CT molecular complexity index is 1830. The number of anilines is 1. The van der Waals surface area contributed by atoms with Gasteiger partial charge in [0, 0.05) is 27.9 Å². The standard InChI is InChI=1S/C42H50N2O5S/c1-5-23-44(40(47)43-31-14-17-33(49-4)18-15-31)27-42(48)22-20-36-34-19-13-29(24-32(45)16-12-28(2)9-8-21-41(36,42)3)25-35(34)39(46)38-26-30-10-6-7-11-37(30)50-38/h6-7,9-11,13-15,17-19,25-26,32,36,45,48H,5,8,12,16,20-24,27H2,1-4H3,(H,43,47). The predicted octanol–water partition coefficient (Wildman–Crippen LogP) is 9.12. The van der Waals surface area contributed by atoms with Gasteiger partial charge in [0.1, 0.15) is 5.75 Å². The van der Waals surface area contributed by atoms with Gasteiger partial charge in [0.15, 0.2) is 0 Å². The Hall–Kier alpha value is -3.98. The highest BCUT2D eigenvalue weighted by Gasteiger charge is 2.57. The number of ketones is 1. The number of carbonyl (C=O) groups is 2. The van der Waals surface area contributed by atoms with Crippen molar-refractivity contribution in [2.24, 2.45) is 5.41 Å². The molecule has 1 saturated carbocycles. The Morgan fingerprint density at radius 2 is 1.82 bits per heavy atom. The number of aliphatic hydroxyl groups excluding tert-OH is 1. The summed E-state index contributed by atoms with van der Waals surface area (Å²) < 4.78 is 6.34. The van der Waals surface area contributed by atoms with Crippen molar-refractivity contribution in [3.63, 3.8) is 0 Å². The summed E-state index contributed by atoms with van der Waals surface area (Å²) in [5.41, 5.74) is 2.56. The maximum atomic E-state index is 14.5. The van der Waals surface area contributed by atoms with Crippen molar-refractivity contribution in [2.45, 2.75) is 89.8 Å². The number of nitrogens with one attached hydrogen (secondary N) is 1. The van der Waals surface area contributed by atoms with Crippen LogP contribution in [0.4, 0.5) is 10.5 Å². The zero-order valence-electron chi connectivity index (χ0n) is 29.7. The van der Waals surface area contributed by atoms with E-state index in [0.29, 0.717) is 60.5 Å². The molecule has 50 heavy (non-hydrogen) atoms. The summed E-state index contributed by atoms with van der Waals surface area (Å²) in [4.78, 5) is 30.7. The van der Waals surface area contributed by atoms with Crippen LogP contribution in [0.3, 0.4) is 0 Å². The maximum absolute atomic E-state index is 14.5. The van der Waals surface area contributed by atoms with E-state index in [0.717, 1.165) is 40.5 Å². The van der Waals surface area contributed by atoms with E-state index in [1.165, 1.54) is 16.9 Å².